The number of amides is 3. The molecule has 0 saturated heterocycles. The molecule has 0 aliphatic rings. The number of nitrogens with zero attached hydrogens (tertiary/aromatic N) is 1. The lowest BCUT2D eigenvalue weighted by Crippen LogP contribution is -2.37. The van der Waals surface area contributed by atoms with Gasteiger partial charge in [-0.2, -0.15) is 5.10 Å². The first kappa shape index (κ1) is 25.2. The molecule has 3 rings (SSSR count). The number of hydrazone groups is 1. The molecular formula is C27H28N4O4. The van der Waals surface area contributed by atoms with Crippen LogP contribution in [0.2, 0.25) is 0 Å². The minimum Gasteiger partial charge on any atom is -0.484 e. The van der Waals surface area contributed by atoms with Crippen LogP contribution in [0, 0.1) is 20.8 Å². The van der Waals surface area contributed by atoms with Crippen LogP contribution in [0.15, 0.2) is 71.8 Å². The van der Waals surface area contributed by atoms with E-state index in [1.165, 1.54) is 6.21 Å². The fraction of sp³-hybridized carbons (Fsp3) is 0.185. The van der Waals surface area contributed by atoms with E-state index in [0.29, 0.717) is 11.3 Å². The van der Waals surface area contributed by atoms with E-state index in [9.17, 15) is 14.4 Å². The first-order chi connectivity index (χ1) is 16.8. The molecule has 3 N–H and O–H groups in total. The van der Waals surface area contributed by atoms with Gasteiger partial charge >= 0.3 is 11.8 Å². The minimum atomic E-state index is -0.871. The number of aryl methyl sites for hydroxylation is 3. The maximum atomic E-state index is 12.2. The molecule has 8 nitrogen and oxygen atoms in total. The number of carbonyl (C=O) groups excluding carboxylic acids is 3. The van der Waals surface area contributed by atoms with Crippen LogP contribution < -0.4 is 20.8 Å². The van der Waals surface area contributed by atoms with Gasteiger partial charge in [0, 0.05) is 12.2 Å². The molecule has 0 spiro atoms. The SMILES string of the molecule is Cc1ccc(CNC(=O)C(=O)N/N=C\c2cccc(OCC(=O)Nc3cc(C)cc(C)c3)c2)cc1. The first-order valence-corrected chi connectivity index (χ1v) is 11.1. The standard InChI is InChI=1S/C27H28N4O4/c1-18-7-9-21(10-8-18)15-28-26(33)27(34)31-29-16-22-5-4-6-24(14-22)35-17-25(32)30-23-12-19(2)11-20(3)13-23/h4-14,16H,15,17H2,1-3H3,(H,28,33)(H,30,32)(H,31,34)/b29-16-. The average Bonchev–Trinajstić information content (AvgIpc) is 2.82. The van der Waals surface area contributed by atoms with Crippen molar-refractivity contribution in [3.63, 3.8) is 0 Å². The van der Waals surface area contributed by atoms with E-state index in [4.69, 9.17) is 4.74 Å². The number of rotatable bonds is 8. The monoisotopic (exact) mass is 472 g/mol. The third-order valence-corrected chi connectivity index (χ3v) is 4.89. The van der Waals surface area contributed by atoms with Crippen molar-refractivity contribution in [3.05, 3.63) is 94.5 Å². The van der Waals surface area contributed by atoms with E-state index in [1.54, 1.807) is 24.3 Å². The fourth-order valence-electron chi connectivity index (χ4n) is 3.26. The van der Waals surface area contributed by atoms with Gasteiger partial charge in [0.2, 0.25) is 0 Å². The molecule has 8 heteroatoms. The van der Waals surface area contributed by atoms with Crippen molar-refractivity contribution < 1.29 is 19.1 Å². The minimum absolute atomic E-state index is 0.161. The molecule has 35 heavy (non-hydrogen) atoms. The van der Waals surface area contributed by atoms with Crippen LogP contribution in [-0.2, 0) is 20.9 Å². The van der Waals surface area contributed by atoms with Crippen molar-refractivity contribution in [2.45, 2.75) is 27.3 Å². The summed E-state index contributed by atoms with van der Waals surface area (Å²) in [5.74, 6) is -1.47. The molecule has 0 unspecified atom stereocenters. The summed E-state index contributed by atoms with van der Waals surface area (Å²) >= 11 is 0. The number of anilines is 1. The Morgan fingerprint density at radius 3 is 2.29 bits per heavy atom. The number of benzene rings is 3. The Morgan fingerprint density at radius 2 is 1.57 bits per heavy atom. The summed E-state index contributed by atoms with van der Waals surface area (Å²) in [6, 6.07) is 20.3. The Labute approximate surface area is 204 Å². The van der Waals surface area contributed by atoms with Gasteiger partial charge in [-0.1, -0.05) is 48.0 Å². The molecule has 3 aromatic carbocycles. The van der Waals surface area contributed by atoms with Crippen molar-refractivity contribution in [2.75, 3.05) is 11.9 Å². The predicted octanol–water partition coefficient (Wildman–Crippen LogP) is 3.40. The summed E-state index contributed by atoms with van der Waals surface area (Å²) in [7, 11) is 0. The Hall–Kier alpha value is -4.46. The van der Waals surface area contributed by atoms with Gasteiger partial charge in [0.05, 0.1) is 6.21 Å². The lowest BCUT2D eigenvalue weighted by Gasteiger charge is -2.09. The van der Waals surface area contributed by atoms with Gasteiger partial charge in [-0.3, -0.25) is 14.4 Å². The summed E-state index contributed by atoms with van der Waals surface area (Å²) < 4.78 is 5.56. The first-order valence-electron chi connectivity index (χ1n) is 11.1. The van der Waals surface area contributed by atoms with Gasteiger partial charge in [-0.15, -0.1) is 0 Å². The number of carbonyl (C=O) groups is 3. The van der Waals surface area contributed by atoms with Crippen molar-refractivity contribution in [2.24, 2.45) is 5.10 Å². The highest BCUT2D eigenvalue weighted by atomic mass is 16.5. The fourth-order valence-corrected chi connectivity index (χ4v) is 3.26. The van der Waals surface area contributed by atoms with Crippen LogP contribution in [0.4, 0.5) is 5.69 Å². The number of hydrogen-bond donors (Lipinski definition) is 3. The normalized spacial score (nSPS) is 10.6. The second-order valence-corrected chi connectivity index (χ2v) is 8.15. The highest BCUT2D eigenvalue weighted by Gasteiger charge is 2.12. The van der Waals surface area contributed by atoms with Gasteiger partial charge in [0.15, 0.2) is 6.61 Å². The number of ether oxygens (including phenoxy) is 1. The van der Waals surface area contributed by atoms with Crippen LogP contribution in [0.25, 0.3) is 0 Å². The van der Waals surface area contributed by atoms with Crippen LogP contribution >= 0.6 is 0 Å². The second-order valence-electron chi connectivity index (χ2n) is 8.15. The van der Waals surface area contributed by atoms with Crippen molar-refractivity contribution in [1.29, 1.82) is 0 Å². The predicted molar refractivity (Wildman–Crippen MR) is 135 cm³/mol. The average molecular weight is 473 g/mol. The molecular weight excluding hydrogens is 444 g/mol. The summed E-state index contributed by atoms with van der Waals surface area (Å²) in [4.78, 5) is 36.1. The van der Waals surface area contributed by atoms with Crippen molar-refractivity contribution >= 4 is 29.6 Å². The Kier molecular flexibility index (Phi) is 8.72. The molecule has 0 aliphatic carbocycles. The molecule has 3 amide bonds. The third kappa shape index (κ3) is 8.43. The van der Waals surface area contributed by atoms with E-state index in [0.717, 1.165) is 27.9 Å². The molecule has 180 valence electrons. The third-order valence-electron chi connectivity index (χ3n) is 4.89. The van der Waals surface area contributed by atoms with E-state index in [2.05, 4.69) is 21.2 Å². The Bertz CT molecular complexity index is 1220. The molecule has 0 heterocycles. The molecule has 0 fully saturated rings. The van der Waals surface area contributed by atoms with Gasteiger partial charge in [0.25, 0.3) is 5.91 Å². The van der Waals surface area contributed by atoms with Gasteiger partial charge < -0.3 is 15.4 Å². The van der Waals surface area contributed by atoms with Gasteiger partial charge in [-0.25, -0.2) is 5.43 Å². The number of nitrogens with one attached hydrogen (secondary N) is 3. The quantitative estimate of drug-likeness (QED) is 0.265. The van der Waals surface area contributed by atoms with E-state index in [1.807, 2.05) is 63.2 Å². The summed E-state index contributed by atoms with van der Waals surface area (Å²) in [5.41, 5.74) is 7.66. The van der Waals surface area contributed by atoms with Crippen LogP contribution in [0.3, 0.4) is 0 Å². The molecule has 0 radical (unpaired) electrons. The molecule has 0 aromatic heterocycles. The summed E-state index contributed by atoms with van der Waals surface area (Å²) in [5, 5.41) is 9.17. The van der Waals surface area contributed by atoms with Crippen molar-refractivity contribution in [3.8, 4) is 5.75 Å². The van der Waals surface area contributed by atoms with E-state index >= 15 is 0 Å². The highest BCUT2D eigenvalue weighted by molar-refractivity contribution is 6.35. The van der Waals surface area contributed by atoms with E-state index < -0.39 is 11.8 Å². The Balaban J connectivity index is 1.45. The zero-order valence-corrected chi connectivity index (χ0v) is 19.9. The van der Waals surface area contributed by atoms with E-state index in [-0.39, 0.29) is 19.1 Å². The topological polar surface area (TPSA) is 109 Å². The largest absolute Gasteiger partial charge is 0.484 e. The highest BCUT2D eigenvalue weighted by Crippen LogP contribution is 2.15. The van der Waals surface area contributed by atoms with Crippen LogP contribution in [0.5, 0.6) is 5.75 Å². The summed E-state index contributed by atoms with van der Waals surface area (Å²) in [6.07, 6.45) is 1.38. The molecule has 3 aromatic rings. The zero-order valence-electron chi connectivity index (χ0n) is 19.9. The lowest BCUT2D eigenvalue weighted by molar-refractivity contribution is -0.139. The smallest absolute Gasteiger partial charge is 0.329 e. The Morgan fingerprint density at radius 1 is 0.857 bits per heavy atom. The zero-order chi connectivity index (χ0) is 25.2. The van der Waals surface area contributed by atoms with Gasteiger partial charge in [-0.05, 0) is 67.3 Å². The van der Waals surface area contributed by atoms with Crippen LogP contribution in [-0.4, -0.2) is 30.5 Å². The van der Waals surface area contributed by atoms with Gasteiger partial charge in [0.1, 0.15) is 5.75 Å². The summed E-state index contributed by atoms with van der Waals surface area (Å²) in [6.45, 7) is 5.98. The molecule has 0 bridgehead atoms. The molecule has 0 saturated carbocycles. The number of hydrogen-bond acceptors (Lipinski definition) is 5. The molecule has 0 atom stereocenters. The second kappa shape index (κ2) is 12.1. The molecule has 0 aliphatic heterocycles. The lowest BCUT2D eigenvalue weighted by atomic mass is 10.1. The van der Waals surface area contributed by atoms with Crippen molar-refractivity contribution in [1.82, 2.24) is 10.7 Å². The maximum Gasteiger partial charge on any atom is 0.329 e. The maximum absolute atomic E-state index is 12.2. The van der Waals surface area contributed by atoms with Crippen LogP contribution in [0.1, 0.15) is 27.8 Å².